The molecule has 1 aromatic carbocycles. The molecule has 22 heavy (non-hydrogen) atoms. The molecule has 0 nitrogen and oxygen atoms in total. The highest BCUT2D eigenvalue weighted by atomic mass is 14.0. The Morgan fingerprint density at radius 3 is 1.50 bits per heavy atom. The van der Waals surface area contributed by atoms with Gasteiger partial charge >= 0.3 is 0 Å². The first-order valence-electron chi connectivity index (χ1n) is 9.24. The SMILES string of the molecule is C=CCC.CC.CC.CCCC.CCc1ccc(C)cc1C. The first-order valence-corrected chi connectivity index (χ1v) is 9.24. The van der Waals surface area contributed by atoms with E-state index in [2.05, 4.69) is 66.3 Å². The van der Waals surface area contributed by atoms with E-state index in [4.69, 9.17) is 0 Å². The molecule has 0 fully saturated rings. The molecular weight excluding hydrogens is 264 g/mol. The lowest BCUT2D eigenvalue weighted by Gasteiger charge is -2.02. The summed E-state index contributed by atoms with van der Waals surface area (Å²) in [5.41, 5.74) is 4.24. The van der Waals surface area contributed by atoms with Crippen LogP contribution >= 0.6 is 0 Å². The molecule has 0 aliphatic heterocycles. The van der Waals surface area contributed by atoms with Crippen LogP contribution in [0.3, 0.4) is 0 Å². The molecule has 0 aliphatic rings. The zero-order chi connectivity index (χ0) is 18.4. The lowest BCUT2D eigenvalue weighted by Crippen LogP contribution is -1.85. The zero-order valence-electron chi connectivity index (χ0n) is 17.3. The van der Waals surface area contributed by atoms with Crippen LogP contribution in [-0.4, -0.2) is 0 Å². The summed E-state index contributed by atoms with van der Waals surface area (Å²) in [6.45, 7) is 24.4. The fourth-order valence-electron chi connectivity index (χ4n) is 1.24. The minimum atomic E-state index is 1.08. The average Bonchev–Trinajstić information content (AvgIpc) is 2.59. The summed E-state index contributed by atoms with van der Waals surface area (Å²) in [5.74, 6) is 0. The van der Waals surface area contributed by atoms with Gasteiger partial charge in [0.2, 0.25) is 0 Å². The third kappa shape index (κ3) is 24.0. The number of rotatable bonds is 3. The van der Waals surface area contributed by atoms with Crippen LogP contribution in [-0.2, 0) is 6.42 Å². The molecule has 0 bridgehead atoms. The van der Waals surface area contributed by atoms with E-state index in [1.165, 1.54) is 29.5 Å². The summed E-state index contributed by atoms with van der Waals surface area (Å²) in [6, 6.07) is 6.62. The molecule has 0 spiro atoms. The van der Waals surface area contributed by atoms with Crippen molar-refractivity contribution in [3.8, 4) is 0 Å². The molecule has 0 saturated heterocycles. The Morgan fingerprint density at radius 2 is 1.27 bits per heavy atom. The Bertz CT molecular complexity index is 295. The quantitative estimate of drug-likeness (QED) is 0.492. The predicted molar refractivity (Wildman–Crippen MR) is 109 cm³/mol. The molecule has 0 saturated carbocycles. The molecule has 0 N–H and O–H groups in total. The summed E-state index contributed by atoms with van der Waals surface area (Å²) in [7, 11) is 0. The molecule has 1 aromatic rings. The van der Waals surface area contributed by atoms with Gasteiger partial charge in [0.05, 0.1) is 0 Å². The van der Waals surface area contributed by atoms with Gasteiger partial charge in [-0.05, 0) is 37.8 Å². The second-order valence-corrected chi connectivity index (χ2v) is 4.48. The van der Waals surface area contributed by atoms with Crippen molar-refractivity contribution in [2.75, 3.05) is 0 Å². The van der Waals surface area contributed by atoms with Gasteiger partial charge in [-0.25, -0.2) is 0 Å². The number of benzene rings is 1. The summed E-state index contributed by atoms with van der Waals surface area (Å²) < 4.78 is 0. The van der Waals surface area contributed by atoms with Crippen LogP contribution in [0.4, 0.5) is 0 Å². The van der Waals surface area contributed by atoms with Crippen molar-refractivity contribution in [1.29, 1.82) is 0 Å². The maximum Gasteiger partial charge on any atom is -0.0305 e. The molecule has 132 valence electrons. The first kappa shape index (κ1) is 29.0. The maximum absolute atomic E-state index is 3.48. The van der Waals surface area contributed by atoms with Gasteiger partial charge in [0.25, 0.3) is 0 Å². The largest absolute Gasteiger partial charge is 0.103 e. The van der Waals surface area contributed by atoms with E-state index in [1.54, 1.807) is 0 Å². The Kier molecular flexibility index (Phi) is 37.2. The van der Waals surface area contributed by atoms with Crippen molar-refractivity contribution >= 4 is 0 Å². The van der Waals surface area contributed by atoms with Gasteiger partial charge in [0, 0.05) is 0 Å². The highest BCUT2D eigenvalue weighted by molar-refractivity contribution is 5.30. The van der Waals surface area contributed by atoms with Crippen molar-refractivity contribution in [2.45, 2.75) is 94.9 Å². The smallest absolute Gasteiger partial charge is 0.0305 e. The average molecular weight is 309 g/mol. The Labute approximate surface area is 143 Å². The Morgan fingerprint density at radius 1 is 0.864 bits per heavy atom. The van der Waals surface area contributed by atoms with Crippen molar-refractivity contribution in [3.05, 3.63) is 47.5 Å². The standard InChI is InChI=1S/C10H14.C4H10.C4H8.2C2H6/c1-4-10-6-5-8(2)7-9(10)3;2*1-3-4-2;2*1-2/h5-7H,4H2,1-3H3;3-4H2,1-2H3;3H,1,4H2,2H3;2*1-2H3. The van der Waals surface area contributed by atoms with Gasteiger partial charge in [-0.2, -0.15) is 0 Å². The second-order valence-electron chi connectivity index (χ2n) is 4.48. The molecule has 0 radical (unpaired) electrons. The van der Waals surface area contributed by atoms with Crippen molar-refractivity contribution < 1.29 is 0 Å². The number of aryl methyl sites for hydroxylation is 3. The monoisotopic (exact) mass is 308 g/mol. The van der Waals surface area contributed by atoms with Crippen LogP contribution in [0.5, 0.6) is 0 Å². The van der Waals surface area contributed by atoms with Crippen LogP contribution in [0.1, 0.15) is 91.3 Å². The highest BCUT2D eigenvalue weighted by Gasteiger charge is 1.93. The maximum atomic E-state index is 3.48. The third-order valence-electron chi connectivity index (χ3n) is 2.67. The van der Waals surface area contributed by atoms with Crippen LogP contribution in [0, 0.1) is 13.8 Å². The normalized spacial score (nSPS) is 7.55. The topological polar surface area (TPSA) is 0 Å². The number of unbranched alkanes of at least 4 members (excludes halogenated alkanes) is 1. The van der Waals surface area contributed by atoms with Gasteiger partial charge in [-0.1, -0.05) is 98.1 Å². The van der Waals surface area contributed by atoms with E-state index in [9.17, 15) is 0 Å². The minimum absolute atomic E-state index is 1.08. The molecule has 0 heterocycles. The molecule has 1 rings (SSSR count). The summed E-state index contributed by atoms with van der Waals surface area (Å²) in [4.78, 5) is 0. The number of allylic oxidation sites excluding steroid dienone is 1. The summed E-state index contributed by atoms with van der Waals surface area (Å²) in [5, 5.41) is 0. The van der Waals surface area contributed by atoms with E-state index in [-0.39, 0.29) is 0 Å². The van der Waals surface area contributed by atoms with Crippen LogP contribution in [0.2, 0.25) is 0 Å². The van der Waals surface area contributed by atoms with E-state index in [0.717, 1.165) is 12.8 Å². The fourth-order valence-corrected chi connectivity index (χ4v) is 1.24. The van der Waals surface area contributed by atoms with Gasteiger partial charge in [0.15, 0.2) is 0 Å². The molecule has 0 atom stereocenters. The number of hydrogen-bond donors (Lipinski definition) is 0. The molecule has 0 amide bonds. The van der Waals surface area contributed by atoms with Crippen molar-refractivity contribution in [2.24, 2.45) is 0 Å². The first-order chi connectivity index (χ1) is 10.6. The van der Waals surface area contributed by atoms with E-state index in [1.807, 2.05) is 33.8 Å². The van der Waals surface area contributed by atoms with Crippen molar-refractivity contribution in [3.63, 3.8) is 0 Å². The van der Waals surface area contributed by atoms with Gasteiger partial charge < -0.3 is 0 Å². The lowest BCUT2D eigenvalue weighted by atomic mass is 10.0. The minimum Gasteiger partial charge on any atom is -0.103 e. The van der Waals surface area contributed by atoms with Crippen molar-refractivity contribution in [1.82, 2.24) is 0 Å². The summed E-state index contributed by atoms with van der Waals surface area (Å²) >= 11 is 0. The third-order valence-corrected chi connectivity index (χ3v) is 2.67. The Balaban J connectivity index is -0.000000114. The van der Waals surface area contributed by atoms with Crippen LogP contribution < -0.4 is 0 Å². The summed E-state index contributed by atoms with van der Waals surface area (Å²) in [6.07, 6.45) is 6.74. The zero-order valence-corrected chi connectivity index (χ0v) is 17.3. The predicted octanol–water partition coefficient (Wildman–Crippen LogP) is 8.31. The van der Waals surface area contributed by atoms with Crippen LogP contribution in [0.15, 0.2) is 30.9 Å². The molecule has 0 heteroatoms. The number of hydrogen-bond acceptors (Lipinski definition) is 0. The molecule has 0 aromatic heterocycles. The second kappa shape index (κ2) is 28.2. The fraction of sp³-hybridized carbons (Fsp3) is 0.636. The molecular formula is C22H44. The molecule has 0 unspecified atom stereocenters. The lowest BCUT2D eigenvalue weighted by molar-refractivity contribution is 0.886. The highest BCUT2D eigenvalue weighted by Crippen LogP contribution is 2.10. The van der Waals surface area contributed by atoms with Gasteiger partial charge in [-0.15, -0.1) is 6.58 Å². The van der Waals surface area contributed by atoms with Gasteiger partial charge in [0.1, 0.15) is 0 Å². The van der Waals surface area contributed by atoms with E-state index in [0.29, 0.717) is 0 Å². The van der Waals surface area contributed by atoms with Gasteiger partial charge in [-0.3, -0.25) is 0 Å². The molecule has 0 aliphatic carbocycles. The van der Waals surface area contributed by atoms with Crippen LogP contribution in [0.25, 0.3) is 0 Å². The Hall–Kier alpha value is -1.04. The van der Waals surface area contributed by atoms with E-state index < -0.39 is 0 Å². The van der Waals surface area contributed by atoms with E-state index >= 15 is 0 Å².